The van der Waals surface area contributed by atoms with Crippen molar-refractivity contribution in [2.24, 2.45) is 0 Å². The Balaban J connectivity index is 5.15. The van der Waals surface area contributed by atoms with Crippen LogP contribution < -0.4 is 0 Å². The van der Waals surface area contributed by atoms with E-state index in [0.29, 0.717) is 4.90 Å². The van der Waals surface area contributed by atoms with Gasteiger partial charge in [0, 0.05) is 0 Å². The van der Waals surface area contributed by atoms with E-state index in [1.165, 1.54) is 6.92 Å². The van der Waals surface area contributed by atoms with Crippen molar-refractivity contribution < 1.29 is 24.1 Å². The molecule has 0 aliphatic carbocycles. The van der Waals surface area contributed by atoms with Crippen molar-refractivity contribution in [2.75, 3.05) is 0 Å². The fourth-order valence-corrected chi connectivity index (χ4v) is 1.37. The molecule has 2 N–H and O–H groups in total. The molecule has 0 aromatic heterocycles. The molecule has 0 aliphatic rings. The third-order valence-electron chi connectivity index (χ3n) is 1.29. The monoisotopic (exact) mass is 235 g/mol. The molecule has 0 aromatic carbocycles. The molecule has 0 aromatic rings. The number of carbonyl (C=O) groups is 1. The van der Waals surface area contributed by atoms with Crippen LogP contribution in [0, 0.1) is 11.5 Å². The molecule has 8 heteroatoms. The van der Waals surface area contributed by atoms with Crippen LogP contribution >= 0.6 is 15.8 Å². The Morgan fingerprint density at radius 2 is 1.79 bits per heavy atom. The number of aliphatic hydroxyl groups is 1. The Kier molecular flexibility index (Phi) is 6.52. The summed E-state index contributed by atoms with van der Waals surface area (Å²) in [6.45, 7) is 1.23. The predicted octanol–water partition coefficient (Wildman–Crippen LogP) is 0.539. The van der Waals surface area contributed by atoms with Gasteiger partial charge in [-0.25, -0.2) is 0 Å². The number of hydrogen-bond donors (Lipinski definition) is 2. The second kappa shape index (κ2) is 6.80. The van der Waals surface area contributed by atoms with Gasteiger partial charge in [-0.15, -0.1) is 0 Å². The minimum atomic E-state index is -1.40. The summed E-state index contributed by atoms with van der Waals surface area (Å²) in [4.78, 5) is 11.3. The van der Waals surface area contributed by atoms with E-state index in [1.54, 1.807) is 0 Å². The van der Waals surface area contributed by atoms with Gasteiger partial charge in [0.05, 0.1) is 0 Å². The van der Waals surface area contributed by atoms with Gasteiger partial charge in [0.2, 0.25) is 0 Å². The van der Waals surface area contributed by atoms with Crippen LogP contribution in [0.2, 0.25) is 0 Å². The van der Waals surface area contributed by atoms with Crippen LogP contribution in [0.4, 0.5) is 0 Å². The van der Waals surface area contributed by atoms with Gasteiger partial charge in [-0.2, -0.15) is 0 Å². The second-order valence-electron chi connectivity index (χ2n) is 2.28. The Labute approximate surface area is 82.2 Å². The van der Waals surface area contributed by atoms with Gasteiger partial charge in [-0.05, 0) is 0 Å². The summed E-state index contributed by atoms with van der Waals surface area (Å²) in [5, 5.41) is 17.8. The Bertz CT molecular complexity index is 379. The van der Waals surface area contributed by atoms with E-state index < -0.39 is 33.9 Å². The van der Waals surface area contributed by atoms with Gasteiger partial charge in [-0.3, -0.25) is 0 Å². The van der Waals surface area contributed by atoms with Crippen LogP contribution in [0.25, 0.3) is 0 Å². The molecular formula is C6H7NO5P2. The van der Waals surface area contributed by atoms with Crippen LogP contribution in [0.5, 0.6) is 0 Å². The molecule has 0 aliphatic heterocycles. The van der Waals surface area contributed by atoms with Crippen molar-refractivity contribution in [3.8, 4) is 11.5 Å². The topological polar surface area (TPSA) is 94.9 Å². The molecule has 2 atom stereocenters. The SMILES string of the molecule is C[C@@H](O)[C@@H](C(=O)O)N(C#P=O)C#P=O. The zero-order chi connectivity index (χ0) is 11.1. The number of aliphatic hydroxyl groups excluding tert-OH is 1. The summed E-state index contributed by atoms with van der Waals surface area (Å²) in [5.41, 5.74) is 0. The number of rotatable bonds is 3. The average Bonchev–Trinajstić information content (AvgIpc) is 2.03. The van der Waals surface area contributed by atoms with Gasteiger partial charge < -0.3 is 0 Å². The van der Waals surface area contributed by atoms with Gasteiger partial charge >= 0.3 is 81.4 Å². The zero-order valence-electron chi connectivity index (χ0n) is 7.12. The first kappa shape index (κ1) is 13.4. The Morgan fingerprint density at radius 1 is 1.36 bits per heavy atom. The number of hydrogen-bond acceptors (Lipinski definition) is 5. The van der Waals surface area contributed by atoms with Gasteiger partial charge in [0.25, 0.3) is 0 Å². The maximum atomic E-state index is 10.6. The van der Waals surface area contributed by atoms with E-state index in [0.717, 1.165) is 0 Å². The average molecular weight is 235 g/mol. The van der Waals surface area contributed by atoms with Gasteiger partial charge in [0.15, 0.2) is 0 Å². The van der Waals surface area contributed by atoms with E-state index in [1.807, 2.05) is 11.5 Å². The van der Waals surface area contributed by atoms with Crippen molar-refractivity contribution >= 4 is 21.8 Å². The van der Waals surface area contributed by atoms with Crippen LogP contribution in [0.15, 0.2) is 0 Å². The molecule has 0 fully saturated rings. The summed E-state index contributed by atoms with van der Waals surface area (Å²) in [7, 11) is -1.17. The third-order valence-corrected chi connectivity index (χ3v) is 1.88. The first-order chi connectivity index (χ1) is 6.54. The van der Waals surface area contributed by atoms with Crippen LogP contribution in [-0.2, 0) is 13.9 Å². The van der Waals surface area contributed by atoms with Crippen LogP contribution in [0.3, 0.4) is 0 Å². The summed E-state index contributed by atoms with van der Waals surface area (Å²) in [6.07, 6.45) is -1.24. The predicted molar refractivity (Wildman–Crippen MR) is 47.9 cm³/mol. The summed E-state index contributed by atoms with van der Waals surface area (Å²) in [5.74, 6) is 2.72. The van der Waals surface area contributed by atoms with E-state index in [2.05, 4.69) is 0 Å². The molecule has 0 rings (SSSR count). The Morgan fingerprint density at radius 3 is 2.00 bits per heavy atom. The molecule has 0 saturated carbocycles. The Hall–Kier alpha value is -0.590. The van der Waals surface area contributed by atoms with E-state index >= 15 is 0 Å². The maximum absolute atomic E-state index is 10.6. The molecule has 0 spiro atoms. The number of carboxylic acids is 1. The minimum absolute atomic E-state index is 0.585. The molecule has 0 bridgehead atoms. The van der Waals surface area contributed by atoms with E-state index in [-0.39, 0.29) is 0 Å². The standard InChI is InChI=1S/C6H7NO5P2/c1-4(8)5(6(9)10)7(2-13-11)3-14-12/h4-5,8H,1H3,(H,9,10)/t4-,5+/m1/s1. The molecule has 0 heterocycles. The van der Waals surface area contributed by atoms with Crippen molar-refractivity contribution in [3.05, 3.63) is 0 Å². The fraction of sp³-hybridized carbons (Fsp3) is 0.500. The molecule has 0 unspecified atom stereocenters. The first-order valence-electron chi connectivity index (χ1n) is 3.40. The third kappa shape index (κ3) is 4.08. The quantitative estimate of drug-likeness (QED) is 0.547. The summed E-state index contributed by atoms with van der Waals surface area (Å²) in [6, 6.07) is -1.40. The zero-order valence-corrected chi connectivity index (χ0v) is 8.90. The molecule has 76 valence electrons. The normalized spacial score (nSPS) is 13.6. The van der Waals surface area contributed by atoms with E-state index in [4.69, 9.17) is 10.2 Å². The summed E-state index contributed by atoms with van der Waals surface area (Å²) >= 11 is 0. The van der Waals surface area contributed by atoms with Gasteiger partial charge in [-0.1, -0.05) is 0 Å². The number of carboxylic acid groups (broad SMARTS) is 1. The molecule has 0 saturated heterocycles. The van der Waals surface area contributed by atoms with Crippen molar-refractivity contribution in [3.63, 3.8) is 0 Å². The summed E-state index contributed by atoms with van der Waals surface area (Å²) < 4.78 is 20.3. The number of nitrogens with zero attached hydrogens (tertiary/aromatic N) is 1. The first-order valence-corrected chi connectivity index (χ1v) is 5.03. The van der Waals surface area contributed by atoms with Gasteiger partial charge in [0.1, 0.15) is 0 Å². The molecular weight excluding hydrogens is 228 g/mol. The molecule has 0 amide bonds. The number of aliphatic carboxylic acids is 1. The van der Waals surface area contributed by atoms with Crippen molar-refractivity contribution in [1.82, 2.24) is 4.90 Å². The van der Waals surface area contributed by atoms with E-state index in [9.17, 15) is 13.9 Å². The second-order valence-corrected chi connectivity index (χ2v) is 3.04. The van der Waals surface area contributed by atoms with Crippen molar-refractivity contribution in [2.45, 2.75) is 19.1 Å². The molecule has 0 radical (unpaired) electrons. The van der Waals surface area contributed by atoms with Crippen LogP contribution in [0.1, 0.15) is 6.92 Å². The van der Waals surface area contributed by atoms with Crippen LogP contribution in [-0.4, -0.2) is 33.2 Å². The fourth-order valence-electron chi connectivity index (χ4n) is 0.767. The molecule has 6 nitrogen and oxygen atoms in total. The van der Waals surface area contributed by atoms with Crippen molar-refractivity contribution in [1.29, 1.82) is 0 Å². The molecule has 14 heavy (non-hydrogen) atoms.